The van der Waals surface area contributed by atoms with Crippen LogP contribution >= 0.6 is 0 Å². The normalized spacial score (nSPS) is 15.5. The second-order valence-corrected chi connectivity index (χ2v) is 6.54. The number of nitrogens with zero attached hydrogens (tertiary/aromatic N) is 3. The number of hydrogen-bond acceptors (Lipinski definition) is 4. The summed E-state index contributed by atoms with van der Waals surface area (Å²) < 4.78 is 2.12. The van der Waals surface area contributed by atoms with Gasteiger partial charge in [-0.25, -0.2) is 4.98 Å². The second kappa shape index (κ2) is 7.21. The Hall–Kier alpha value is -2.44. The van der Waals surface area contributed by atoms with Crippen molar-refractivity contribution in [3.05, 3.63) is 53.9 Å². The molecule has 0 spiro atoms. The average Bonchev–Trinajstić information content (AvgIpc) is 2.98. The molecule has 3 rings (SSSR count). The minimum absolute atomic E-state index is 0.178. The van der Waals surface area contributed by atoms with Gasteiger partial charge >= 0.3 is 0 Å². The number of likely N-dealkylation sites (N-methyl/N-ethyl adjacent to an activating group) is 1. The number of benzene rings is 1. The zero-order chi connectivity index (χ0) is 18.0. The van der Waals surface area contributed by atoms with Crippen LogP contribution < -0.4 is 5.32 Å². The van der Waals surface area contributed by atoms with Gasteiger partial charge < -0.3 is 15.0 Å². The molecule has 1 aliphatic rings. The van der Waals surface area contributed by atoms with Crippen LogP contribution in [0.5, 0.6) is 0 Å². The number of imidazole rings is 1. The van der Waals surface area contributed by atoms with Crippen molar-refractivity contribution in [2.45, 2.75) is 26.1 Å². The van der Waals surface area contributed by atoms with Crippen LogP contribution in [0.2, 0.25) is 0 Å². The van der Waals surface area contributed by atoms with Gasteiger partial charge in [-0.3, -0.25) is 9.69 Å². The van der Waals surface area contributed by atoms with Gasteiger partial charge in [0.2, 0.25) is 0 Å². The van der Waals surface area contributed by atoms with Crippen LogP contribution in [-0.2, 0) is 13.1 Å². The molecule has 132 valence electrons. The Balaban J connectivity index is 2.00. The van der Waals surface area contributed by atoms with Crippen LogP contribution in [0.3, 0.4) is 0 Å². The predicted octanol–water partition coefficient (Wildman–Crippen LogP) is 1.66. The van der Waals surface area contributed by atoms with Crippen LogP contribution in [0.4, 0.5) is 0 Å². The summed E-state index contributed by atoms with van der Waals surface area (Å²) in [5.74, 6) is 0.535. The first-order valence-electron chi connectivity index (χ1n) is 8.41. The molecule has 1 amide bonds. The first-order valence-corrected chi connectivity index (χ1v) is 8.41. The smallest absolute Gasteiger partial charge is 0.272 e. The summed E-state index contributed by atoms with van der Waals surface area (Å²) in [5.41, 5.74) is 3.03. The number of aromatic nitrogens is 2. The average molecular weight is 340 g/mol. The summed E-state index contributed by atoms with van der Waals surface area (Å²) in [6.07, 6.45) is 0. The minimum Gasteiger partial charge on any atom is -0.394 e. The summed E-state index contributed by atoms with van der Waals surface area (Å²) in [5, 5.41) is 12.3. The van der Waals surface area contributed by atoms with Crippen molar-refractivity contribution in [2.24, 2.45) is 0 Å². The Morgan fingerprint density at radius 2 is 2.08 bits per heavy atom. The molecule has 2 heterocycles. The Bertz CT molecular complexity index is 782. The van der Waals surface area contributed by atoms with Crippen LogP contribution in [0.25, 0.3) is 11.4 Å². The molecule has 2 N–H and O–H groups in total. The molecule has 2 aromatic rings. The Morgan fingerprint density at radius 3 is 2.72 bits per heavy atom. The monoisotopic (exact) mass is 340 g/mol. The molecule has 1 aromatic heterocycles. The van der Waals surface area contributed by atoms with Crippen LogP contribution in [-0.4, -0.2) is 51.7 Å². The zero-order valence-corrected chi connectivity index (χ0v) is 14.7. The van der Waals surface area contributed by atoms with Gasteiger partial charge in [0.25, 0.3) is 5.91 Å². The lowest BCUT2D eigenvalue weighted by atomic mass is 10.1. The van der Waals surface area contributed by atoms with E-state index in [-0.39, 0.29) is 12.5 Å². The lowest BCUT2D eigenvalue weighted by Crippen LogP contribution is -2.39. The molecule has 1 aliphatic heterocycles. The molecule has 0 saturated heterocycles. The van der Waals surface area contributed by atoms with Gasteiger partial charge in [-0.05, 0) is 14.0 Å². The summed E-state index contributed by atoms with van der Waals surface area (Å²) in [6, 6.07) is 9.43. The molecule has 0 aliphatic carbocycles. The maximum Gasteiger partial charge on any atom is 0.272 e. The number of nitrogens with one attached hydrogen (secondary N) is 1. The first-order chi connectivity index (χ1) is 12.0. The van der Waals surface area contributed by atoms with E-state index >= 15 is 0 Å². The lowest BCUT2D eigenvalue weighted by molar-refractivity contribution is 0.0919. The minimum atomic E-state index is -0.466. The molecule has 1 aromatic carbocycles. The quantitative estimate of drug-likeness (QED) is 0.812. The molecule has 6 heteroatoms. The van der Waals surface area contributed by atoms with Gasteiger partial charge in [-0.15, -0.1) is 0 Å². The fraction of sp³-hybridized carbons (Fsp3) is 0.368. The molecule has 0 radical (unpaired) electrons. The van der Waals surface area contributed by atoms with E-state index in [9.17, 15) is 9.90 Å². The predicted molar refractivity (Wildman–Crippen MR) is 97.2 cm³/mol. The van der Waals surface area contributed by atoms with Crippen molar-refractivity contribution in [1.82, 2.24) is 19.8 Å². The number of rotatable bonds is 5. The summed E-state index contributed by atoms with van der Waals surface area (Å²) >= 11 is 0. The molecule has 0 bridgehead atoms. The summed E-state index contributed by atoms with van der Waals surface area (Å²) in [4.78, 5) is 19.6. The maximum atomic E-state index is 12.8. The van der Waals surface area contributed by atoms with Gasteiger partial charge in [0.15, 0.2) is 5.69 Å². The molecule has 0 unspecified atom stereocenters. The molecule has 25 heavy (non-hydrogen) atoms. The fourth-order valence-corrected chi connectivity index (χ4v) is 3.03. The first kappa shape index (κ1) is 17.4. The number of aliphatic hydroxyl groups excluding tert-OH is 1. The second-order valence-electron chi connectivity index (χ2n) is 6.54. The highest BCUT2D eigenvalue weighted by atomic mass is 16.3. The number of amides is 1. The number of aliphatic hydroxyl groups is 1. The number of carbonyl (C=O) groups is 1. The van der Waals surface area contributed by atoms with E-state index < -0.39 is 6.04 Å². The third-order valence-corrected chi connectivity index (χ3v) is 4.53. The highest BCUT2D eigenvalue weighted by Crippen LogP contribution is 2.26. The van der Waals surface area contributed by atoms with Crippen molar-refractivity contribution in [3.63, 3.8) is 0 Å². The Labute approximate surface area is 147 Å². The van der Waals surface area contributed by atoms with Gasteiger partial charge in [-0.2, -0.15) is 0 Å². The van der Waals surface area contributed by atoms with Crippen LogP contribution in [0.1, 0.15) is 23.1 Å². The topological polar surface area (TPSA) is 70.4 Å². The molecule has 0 saturated carbocycles. The largest absolute Gasteiger partial charge is 0.394 e. The van der Waals surface area contributed by atoms with E-state index in [0.717, 1.165) is 30.2 Å². The van der Waals surface area contributed by atoms with Crippen LogP contribution in [0.15, 0.2) is 42.5 Å². The zero-order valence-electron chi connectivity index (χ0n) is 14.7. The van der Waals surface area contributed by atoms with Gasteiger partial charge in [0.05, 0.1) is 18.3 Å². The van der Waals surface area contributed by atoms with E-state index in [4.69, 9.17) is 0 Å². The highest BCUT2D eigenvalue weighted by Gasteiger charge is 2.27. The van der Waals surface area contributed by atoms with Gasteiger partial charge in [-0.1, -0.05) is 42.5 Å². The number of carbonyl (C=O) groups excluding carboxylic acids is 1. The van der Waals surface area contributed by atoms with Gasteiger partial charge in [0, 0.05) is 25.2 Å². The van der Waals surface area contributed by atoms with E-state index in [1.807, 2.05) is 37.4 Å². The highest BCUT2D eigenvalue weighted by molar-refractivity contribution is 5.94. The van der Waals surface area contributed by atoms with Crippen molar-refractivity contribution in [1.29, 1.82) is 0 Å². The molecule has 6 nitrogen and oxygen atoms in total. The summed E-state index contributed by atoms with van der Waals surface area (Å²) in [6.45, 7) is 7.79. The Kier molecular flexibility index (Phi) is 5.01. The summed E-state index contributed by atoms with van der Waals surface area (Å²) in [7, 11) is 2.03. The van der Waals surface area contributed by atoms with Crippen molar-refractivity contribution in [3.8, 4) is 11.4 Å². The molecular weight excluding hydrogens is 316 g/mol. The standard InChI is InChI=1S/C19H24N4O2/c1-13(2)15(12-24)20-19(25)17-16-11-22(3)9-10-23(16)18(21-17)14-7-5-4-6-8-14/h4-8,15,24H,1,9-12H2,2-3H3,(H,20,25)/t15-/m0/s1. The van der Waals surface area contributed by atoms with Crippen molar-refractivity contribution < 1.29 is 9.90 Å². The fourth-order valence-electron chi connectivity index (χ4n) is 3.03. The Morgan fingerprint density at radius 1 is 1.36 bits per heavy atom. The maximum absolute atomic E-state index is 12.8. The van der Waals surface area contributed by atoms with Gasteiger partial charge in [0.1, 0.15) is 5.82 Å². The van der Waals surface area contributed by atoms with Crippen molar-refractivity contribution in [2.75, 3.05) is 20.2 Å². The number of hydrogen-bond donors (Lipinski definition) is 2. The van der Waals surface area contributed by atoms with Crippen molar-refractivity contribution >= 4 is 5.91 Å². The molecular formula is C19H24N4O2. The molecule has 1 atom stereocenters. The van der Waals surface area contributed by atoms with Crippen LogP contribution in [0, 0.1) is 0 Å². The van der Waals surface area contributed by atoms with E-state index in [2.05, 4.69) is 26.3 Å². The number of fused-ring (bicyclic) bond motifs is 1. The SMILES string of the molecule is C=C(C)[C@H](CO)NC(=O)c1nc(-c2ccccc2)n2c1CN(C)CC2. The third kappa shape index (κ3) is 3.50. The third-order valence-electron chi connectivity index (χ3n) is 4.53. The molecule has 0 fully saturated rings. The lowest BCUT2D eigenvalue weighted by Gasteiger charge is -2.26. The van der Waals surface area contributed by atoms with E-state index in [1.165, 1.54) is 0 Å². The van der Waals surface area contributed by atoms with E-state index in [1.54, 1.807) is 6.92 Å². The van der Waals surface area contributed by atoms with E-state index in [0.29, 0.717) is 17.8 Å².